The van der Waals surface area contributed by atoms with Gasteiger partial charge in [0.25, 0.3) is 0 Å². The number of nitrogens with zero attached hydrogens (tertiary/aromatic N) is 1. The van der Waals surface area contributed by atoms with Gasteiger partial charge in [0.2, 0.25) is 0 Å². The molecule has 0 aromatic heterocycles. The number of halogens is 3. The van der Waals surface area contributed by atoms with Crippen molar-refractivity contribution in [2.45, 2.75) is 19.6 Å². The number of phenols is 1. The van der Waals surface area contributed by atoms with Gasteiger partial charge in [-0.2, -0.15) is 13.2 Å². The van der Waals surface area contributed by atoms with E-state index in [4.69, 9.17) is 5.11 Å². The number of carbonyl (C=O) groups is 1. The van der Waals surface area contributed by atoms with Crippen LogP contribution in [0.2, 0.25) is 0 Å². The summed E-state index contributed by atoms with van der Waals surface area (Å²) in [4.78, 5) is 12.3. The third kappa shape index (κ3) is 4.73. The van der Waals surface area contributed by atoms with Gasteiger partial charge in [0, 0.05) is 13.1 Å². The molecule has 0 radical (unpaired) electrons. The monoisotopic (exact) mass is 291 g/mol. The molecule has 7 heteroatoms. The number of aliphatic carboxylic acids is 1. The first kappa shape index (κ1) is 16.3. The number of rotatable bonds is 5. The zero-order chi connectivity index (χ0) is 15.5. The van der Waals surface area contributed by atoms with E-state index in [1.54, 1.807) is 11.9 Å². The Labute approximate surface area is 114 Å². The Morgan fingerprint density at radius 1 is 1.35 bits per heavy atom. The molecule has 1 aromatic carbocycles. The highest BCUT2D eigenvalue weighted by atomic mass is 19.4. The number of carboxylic acid groups (broad SMARTS) is 1. The lowest BCUT2D eigenvalue weighted by Crippen LogP contribution is -2.28. The highest BCUT2D eigenvalue weighted by molar-refractivity contribution is 5.69. The Bertz CT molecular complexity index is 488. The van der Waals surface area contributed by atoms with E-state index in [0.717, 1.165) is 6.07 Å². The van der Waals surface area contributed by atoms with Crippen molar-refractivity contribution in [1.82, 2.24) is 4.90 Å². The molecule has 0 saturated heterocycles. The molecule has 0 fully saturated rings. The van der Waals surface area contributed by atoms with Crippen LogP contribution >= 0.6 is 0 Å². The van der Waals surface area contributed by atoms with Crippen molar-refractivity contribution in [2.75, 3.05) is 13.6 Å². The van der Waals surface area contributed by atoms with Crippen LogP contribution < -0.4 is 0 Å². The standard InChI is InChI=1S/C13H16F3NO3/c1-8(12(19)20)6-17(2)7-9-3-10(13(14,15)16)5-11(18)4-9/h3-5,8,18H,6-7H2,1-2H3,(H,19,20). The smallest absolute Gasteiger partial charge is 0.416 e. The molecule has 2 N–H and O–H groups in total. The Balaban J connectivity index is 2.82. The molecule has 1 aromatic rings. The van der Waals surface area contributed by atoms with E-state index in [2.05, 4.69) is 0 Å². The highest BCUT2D eigenvalue weighted by Gasteiger charge is 2.31. The van der Waals surface area contributed by atoms with Gasteiger partial charge in [-0.25, -0.2) is 0 Å². The minimum Gasteiger partial charge on any atom is -0.508 e. The summed E-state index contributed by atoms with van der Waals surface area (Å²) in [5.74, 6) is -2.06. The van der Waals surface area contributed by atoms with Gasteiger partial charge in [0.05, 0.1) is 11.5 Å². The van der Waals surface area contributed by atoms with Crippen molar-refractivity contribution in [3.63, 3.8) is 0 Å². The fraction of sp³-hybridized carbons (Fsp3) is 0.462. The van der Waals surface area contributed by atoms with Crippen molar-refractivity contribution in [3.05, 3.63) is 29.3 Å². The number of alkyl halides is 3. The number of benzene rings is 1. The minimum absolute atomic E-state index is 0.120. The molecule has 0 spiro atoms. The van der Waals surface area contributed by atoms with Gasteiger partial charge in [-0.3, -0.25) is 4.79 Å². The second kappa shape index (κ2) is 6.13. The van der Waals surface area contributed by atoms with Crippen LogP contribution in [0.1, 0.15) is 18.1 Å². The van der Waals surface area contributed by atoms with Crippen LogP contribution in [0.3, 0.4) is 0 Å². The second-order valence-corrected chi connectivity index (χ2v) is 4.82. The number of hydrogen-bond donors (Lipinski definition) is 2. The molecule has 1 rings (SSSR count). The quantitative estimate of drug-likeness (QED) is 0.875. The average molecular weight is 291 g/mol. The van der Waals surface area contributed by atoms with Crippen molar-refractivity contribution in [1.29, 1.82) is 0 Å². The third-order valence-electron chi connectivity index (χ3n) is 2.76. The Kier molecular flexibility index (Phi) is 4.99. The molecule has 112 valence electrons. The maximum absolute atomic E-state index is 12.6. The van der Waals surface area contributed by atoms with E-state index in [1.807, 2.05) is 0 Å². The van der Waals surface area contributed by atoms with Gasteiger partial charge in [0.1, 0.15) is 5.75 Å². The van der Waals surface area contributed by atoms with E-state index >= 15 is 0 Å². The topological polar surface area (TPSA) is 60.8 Å². The van der Waals surface area contributed by atoms with E-state index < -0.39 is 29.4 Å². The lowest BCUT2D eigenvalue weighted by atomic mass is 10.1. The summed E-state index contributed by atoms with van der Waals surface area (Å²) in [5, 5.41) is 18.1. The van der Waals surface area contributed by atoms with Crippen molar-refractivity contribution in [3.8, 4) is 5.75 Å². The Hall–Kier alpha value is -1.76. The molecule has 4 nitrogen and oxygen atoms in total. The van der Waals surface area contributed by atoms with Gasteiger partial charge >= 0.3 is 12.1 Å². The van der Waals surface area contributed by atoms with E-state index in [0.29, 0.717) is 6.07 Å². The number of hydrogen-bond acceptors (Lipinski definition) is 3. The van der Waals surface area contributed by atoms with Crippen LogP contribution in [0.4, 0.5) is 13.2 Å². The summed E-state index contributed by atoms with van der Waals surface area (Å²) in [7, 11) is 1.61. The van der Waals surface area contributed by atoms with Crippen molar-refractivity contribution >= 4 is 5.97 Å². The van der Waals surface area contributed by atoms with E-state index in [9.17, 15) is 23.1 Å². The first-order valence-corrected chi connectivity index (χ1v) is 5.91. The van der Waals surface area contributed by atoms with Gasteiger partial charge in [0.15, 0.2) is 0 Å². The van der Waals surface area contributed by atoms with Crippen LogP contribution in [-0.4, -0.2) is 34.7 Å². The van der Waals surface area contributed by atoms with Crippen LogP contribution in [-0.2, 0) is 17.5 Å². The normalized spacial score (nSPS) is 13.5. The largest absolute Gasteiger partial charge is 0.508 e. The van der Waals surface area contributed by atoms with E-state index in [1.165, 1.54) is 13.0 Å². The van der Waals surface area contributed by atoms with Gasteiger partial charge in [-0.15, -0.1) is 0 Å². The van der Waals surface area contributed by atoms with Crippen molar-refractivity contribution in [2.24, 2.45) is 5.92 Å². The fourth-order valence-electron chi connectivity index (χ4n) is 1.85. The number of aromatic hydroxyl groups is 1. The molecule has 0 aliphatic carbocycles. The second-order valence-electron chi connectivity index (χ2n) is 4.82. The molecular weight excluding hydrogens is 275 g/mol. The maximum atomic E-state index is 12.6. The van der Waals surface area contributed by atoms with Gasteiger partial charge < -0.3 is 15.1 Å². The number of carboxylic acids is 1. The average Bonchev–Trinajstić information content (AvgIpc) is 2.26. The SMILES string of the molecule is CC(CN(C)Cc1cc(O)cc(C(F)(F)F)c1)C(=O)O. The summed E-state index contributed by atoms with van der Waals surface area (Å²) in [6.07, 6.45) is -4.53. The van der Waals surface area contributed by atoms with Crippen LogP contribution in [0, 0.1) is 5.92 Å². The van der Waals surface area contributed by atoms with Crippen LogP contribution in [0.25, 0.3) is 0 Å². The molecule has 0 aliphatic heterocycles. The maximum Gasteiger partial charge on any atom is 0.416 e. The first-order chi connectivity index (χ1) is 9.09. The van der Waals surface area contributed by atoms with Gasteiger partial charge in [-0.05, 0) is 30.8 Å². The minimum atomic E-state index is -4.53. The lowest BCUT2D eigenvalue weighted by Gasteiger charge is -2.20. The lowest BCUT2D eigenvalue weighted by molar-refractivity contribution is -0.141. The Morgan fingerprint density at radius 3 is 2.45 bits per heavy atom. The number of phenolic OH excluding ortho intramolecular Hbond substituents is 1. The highest BCUT2D eigenvalue weighted by Crippen LogP contribution is 2.32. The Morgan fingerprint density at radius 2 is 1.95 bits per heavy atom. The molecule has 0 amide bonds. The zero-order valence-corrected chi connectivity index (χ0v) is 11.1. The molecule has 1 unspecified atom stereocenters. The molecular formula is C13H16F3NO3. The summed E-state index contributed by atoms with van der Waals surface area (Å²) in [6, 6.07) is 2.84. The molecule has 0 saturated carbocycles. The predicted molar refractivity (Wildman–Crippen MR) is 66.2 cm³/mol. The molecule has 0 heterocycles. The molecule has 1 atom stereocenters. The van der Waals surface area contributed by atoms with Crippen molar-refractivity contribution < 1.29 is 28.2 Å². The van der Waals surface area contributed by atoms with Crippen LogP contribution in [0.15, 0.2) is 18.2 Å². The molecule has 0 aliphatic rings. The van der Waals surface area contributed by atoms with Crippen LogP contribution in [0.5, 0.6) is 5.75 Å². The molecule has 20 heavy (non-hydrogen) atoms. The predicted octanol–water partition coefficient (Wildman–Crippen LogP) is 2.56. The molecule has 0 bridgehead atoms. The fourth-order valence-corrected chi connectivity index (χ4v) is 1.85. The summed E-state index contributed by atoms with van der Waals surface area (Å²) >= 11 is 0. The van der Waals surface area contributed by atoms with E-state index in [-0.39, 0.29) is 18.7 Å². The summed E-state index contributed by atoms with van der Waals surface area (Å²) in [5.41, 5.74) is -0.649. The summed E-state index contributed by atoms with van der Waals surface area (Å²) < 4.78 is 37.8. The van der Waals surface area contributed by atoms with Gasteiger partial charge in [-0.1, -0.05) is 6.92 Å². The third-order valence-corrected chi connectivity index (χ3v) is 2.76. The first-order valence-electron chi connectivity index (χ1n) is 5.91. The zero-order valence-electron chi connectivity index (χ0n) is 11.1. The summed E-state index contributed by atoms with van der Waals surface area (Å²) in [6.45, 7) is 1.84.